The number of hydrogen-bond acceptors (Lipinski definition) is 11. The second-order valence-electron chi connectivity index (χ2n) is 14.9. The topological polar surface area (TPSA) is 280 Å². The summed E-state index contributed by atoms with van der Waals surface area (Å²) < 4.78 is 0. The van der Waals surface area contributed by atoms with Crippen LogP contribution in [0.1, 0.15) is 42.9 Å². The summed E-state index contributed by atoms with van der Waals surface area (Å²) in [5.74, 6) is -4.97. The molecule has 0 spiro atoms. The van der Waals surface area contributed by atoms with Crippen molar-refractivity contribution >= 4 is 73.8 Å². The van der Waals surface area contributed by atoms with Gasteiger partial charge in [-0.2, -0.15) is 0 Å². The molecule has 12 N–H and O–H groups in total. The molecule has 17 nitrogen and oxygen atoms in total. The molecule has 7 amide bonds. The van der Waals surface area contributed by atoms with Gasteiger partial charge in [0.05, 0.1) is 0 Å². The Balaban J connectivity index is 1.55. The minimum absolute atomic E-state index is 0.00808. The van der Waals surface area contributed by atoms with E-state index in [-0.39, 0.29) is 42.9 Å². The summed E-state index contributed by atoms with van der Waals surface area (Å²) in [4.78, 5) is 99.3. The average molecular weight is 888 g/mol. The number of H-pyrrole nitrogens is 1. The van der Waals surface area contributed by atoms with Crippen LogP contribution < -0.4 is 43.4 Å². The number of phenols is 1. The van der Waals surface area contributed by atoms with E-state index in [9.17, 15) is 38.7 Å². The standard InChI is InChI=1S/C43H53N9O8S2/c1-25(53)47-37-24-62-61-23-36(38(45)55)52-41(58)34(20-27-14-16-29(54)17-15-27)49-39(56)32(13-7-8-18-44)48-42(59)35(21-28-22-46-31-12-6-5-11-30(28)31)51-40(57)33(50-43(37)60)19-26-9-3-2-4-10-26/h2-6,9-12,14-17,22,32-37,46,54H,7-8,13,18-21,23-24,44H2,1H3,(H2,45,55)(H,47,53)(H,48,59)(H,49,56)(H,50,60)(H,51,57)(H,52,58)/t32-,33+,34+,35+,36+,37+/m1/s1. The van der Waals surface area contributed by atoms with Crippen molar-refractivity contribution in [2.24, 2.45) is 11.5 Å². The Kier molecular flexibility index (Phi) is 17.6. The number of nitrogens with two attached hydrogens (primary N) is 2. The Hall–Kier alpha value is -6.05. The summed E-state index contributed by atoms with van der Waals surface area (Å²) in [5, 5.41) is 27.2. The largest absolute Gasteiger partial charge is 0.508 e. The summed E-state index contributed by atoms with van der Waals surface area (Å²) in [6.45, 7) is 1.56. The van der Waals surface area contributed by atoms with E-state index in [0.29, 0.717) is 36.1 Å². The molecular formula is C43H53N9O8S2. The normalized spacial score (nSPS) is 22.3. The van der Waals surface area contributed by atoms with Crippen molar-refractivity contribution in [1.29, 1.82) is 0 Å². The number of carbonyl (C=O) groups is 7. The second kappa shape index (κ2) is 23.2. The number of aromatic hydroxyl groups is 1. The molecule has 62 heavy (non-hydrogen) atoms. The van der Waals surface area contributed by atoms with Crippen molar-refractivity contribution < 1.29 is 38.7 Å². The van der Waals surface area contributed by atoms with Gasteiger partial charge >= 0.3 is 0 Å². The first-order valence-electron chi connectivity index (χ1n) is 20.2. The van der Waals surface area contributed by atoms with Gasteiger partial charge in [0.25, 0.3) is 0 Å². The van der Waals surface area contributed by atoms with E-state index in [1.165, 1.54) is 19.1 Å². The predicted molar refractivity (Wildman–Crippen MR) is 238 cm³/mol. The Morgan fingerprint density at radius 3 is 1.87 bits per heavy atom. The zero-order valence-corrected chi connectivity index (χ0v) is 35.8. The third-order valence-electron chi connectivity index (χ3n) is 10.1. The molecule has 3 aromatic carbocycles. The second-order valence-corrected chi connectivity index (χ2v) is 17.5. The van der Waals surface area contributed by atoms with Crippen LogP contribution in [0.4, 0.5) is 0 Å². The van der Waals surface area contributed by atoms with Gasteiger partial charge in [-0.3, -0.25) is 33.6 Å². The van der Waals surface area contributed by atoms with E-state index in [1.54, 1.807) is 42.6 Å². The number of primary amides is 1. The van der Waals surface area contributed by atoms with Gasteiger partial charge < -0.3 is 53.5 Å². The number of phenolic OH excluding ortho intramolecular Hbond substituents is 1. The maximum absolute atomic E-state index is 14.5. The average Bonchev–Trinajstić information content (AvgIpc) is 3.66. The lowest BCUT2D eigenvalue weighted by molar-refractivity contribution is -0.135. The fourth-order valence-corrected chi connectivity index (χ4v) is 9.19. The predicted octanol–water partition coefficient (Wildman–Crippen LogP) is 0.839. The van der Waals surface area contributed by atoms with Crippen LogP contribution in [0.2, 0.25) is 0 Å². The number of hydrogen-bond donors (Lipinski definition) is 10. The van der Waals surface area contributed by atoms with Gasteiger partial charge in [0.1, 0.15) is 42.0 Å². The smallest absolute Gasteiger partial charge is 0.244 e. The van der Waals surface area contributed by atoms with Gasteiger partial charge in [-0.1, -0.05) is 82.3 Å². The van der Waals surface area contributed by atoms with Crippen LogP contribution >= 0.6 is 21.6 Å². The van der Waals surface area contributed by atoms with E-state index >= 15 is 0 Å². The molecule has 4 aromatic rings. The molecule has 330 valence electrons. The molecule has 6 atom stereocenters. The molecule has 1 saturated heterocycles. The highest BCUT2D eigenvalue weighted by molar-refractivity contribution is 8.76. The third kappa shape index (κ3) is 14.0. The van der Waals surface area contributed by atoms with E-state index in [1.807, 2.05) is 30.3 Å². The Morgan fingerprint density at radius 2 is 1.23 bits per heavy atom. The summed E-state index contributed by atoms with van der Waals surface area (Å²) >= 11 is 0. The zero-order chi connectivity index (χ0) is 44.6. The van der Waals surface area contributed by atoms with Crippen molar-refractivity contribution in [3.05, 3.63) is 102 Å². The minimum Gasteiger partial charge on any atom is -0.508 e. The highest BCUT2D eigenvalue weighted by atomic mass is 33.1. The molecule has 1 fully saturated rings. The first-order valence-corrected chi connectivity index (χ1v) is 22.7. The van der Waals surface area contributed by atoms with Gasteiger partial charge in [0.2, 0.25) is 41.4 Å². The number of nitrogens with one attached hydrogen (secondary N) is 7. The van der Waals surface area contributed by atoms with Crippen molar-refractivity contribution in [2.45, 2.75) is 81.7 Å². The maximum atomic E-state index is 14.5. The highest BCUT2D eigenvalue weighted by Crippen LogP contribution is 2.24. The van der Waals surface area contributed by atoms with Crippen LogP contribution in [0.25, 0.3) is 10.9 Å². The molecule has 1 aromatic heterocycles. The van der Waals surface area contributed by atoms with Crippen LogP contribution in [0.3, 0.4) is 0 Å². The lowest BCUT2D eigenvalue weighted by atomic mass is 10.0. The number of fused-ring (bicyclic) bond motifs is 1. The van der Waals surface area contributed by atoms with E-state index in [2.05, 4.69) is 36.9 Å². The Labute approximate surface area is 366 Å². The first-order chi connectivity index (χ1) is 29.8. The Bertz CT molecular complexity index is 2190. The molecule has 0 unspecified atom stereocenters. The summed E-state index contributed by atoms with van der Waals surface area (Å²) in [6.07, 6.45) is 2.73. The van der Waals surface area contributed by atoms with E-state index in [4.69, 9.17) is 11.5 Å². The maximum Gasteiger partial charge on any atom is 0.244 e. The molecule has 2 heterocycles. The molecule has 19 heteroatoms. The molecule has 0 saturated carbocycles. The van der Waals surface area contributed by atoms with Gasteiger partial charge in [-0.15, -0.1) is 0 Å². The fourth-order valence-electron chi connectivity index (χ4n) is 6.84. The van der Waals surface area contributed by atoms with Crippen molar-refractivity contribution in [3.63, 3.8) is 0 Å². The van der Waals surface area contributed by atoms with Crippen LogP contribution in [0, 0.1) is 0 Å². The van der Waals surface area contributed by atoms with E-state index < -0.39 is 77.6 Å². The summed E-state index contributed by atoms with van der Waals surface area (Å²) in [7, 11) is 2.24. The number of unbranched alkanes of at least 4 members (excludes halogenated alkanes) is 1. The van der Waals surface area contributed by atoms with Crippen molar-refractivity contribution in [3.8, 4) is 5.75 Å². The van der Waals surface area contributed by atoms with Gasteiger partial charge in [0.15, 0.2) is 0 Å². The number of aromatic amines is 1. The molecule has 0 radical (unpaired) electrons. The Morgan fingerprint density at radius 1 is 0.677 bits per heavy atom. The quantitative estimate of drug-likeness (QED) is 0.0703. The lowest BCUT2D eigenvalue weighted by Crippen LogP contribution is -2.60. The molecule has 5 rings (SSSR count). The molecular weight excluding hydrogens is 835 g/mol. The molecule has 0 bridgehead atoms. The summed E-state index contributed by atoms with van der Waals surface area (Å²) in [6, 6.07) is 15.1. The molecule has 0 aliphatic carbocycles. The third-order valence-corrected chi connectivity index (χ3v) is 12.6. The van der Waals surface area contributed by atoms with Crippen molar-refractivity contribution in [2.75, 3.05) is 18.1 Å². The number of aromatic nitrogens is 1. The number of benzene rings is 3. The SMILES string of the molecule is CC(=O)N[C@H]1CSSC[C@@H](C(N)=O)NC(=O)[C@H](Cc2ccc(O)cc2)NC(=O)[C@@H](CCCCN)NC(=O)[C@H](Cc2c[nH]c3ccccc23)NC(=O)[C@H](Cc2ccccc2)NC1=O. The lowest BCUT2D eigenvalue weighted by Gasteiger charge is -2.28. The minimum atomic E-state index is -1.28. The van der Waals surface area contributed by atoms with E-state index in [0.717, 1.165) is 32.5 Å². The van der Waals surface area contributed by atoms with Crippen LogP contribution in [0.15, 0.2) is 85.1 Å². The number of carbonyl (C=O) groups excluding carboxylic acids is 7. The van der Waals surface area contributed by atoms with Crippen LogP contribution in [0.5, 0.6) is 5.75 Å². The zero-order valence-electron chi connectivity index (χ0n) is 34.2. The highest BCUT2D eigenvalue weighted by Gasteiger charge is 2.34. The number of rotatable bonds is 12. The van der Waals surface area contributed by atoms with Gasteiger partial charge in [-0.25, -0.2) is 0 Å². The number of amides is 7. The molecule has 1 aliphatic rings. The van der Waals surface area contributed by atoms with Crippen molar-refractivity contribution in [1.82, 2.24) is 36.9 Å². The number of para-hydroxylation sites is 1. The fraction of sp³-hybridized carbons (Fsp3) is 0.372. The first kappa shape index (κ1) is 47.0. The molecule has 1 aliphatic heterocycles. The summed E-state index contributed by atoms with van der Waals surface area (Å²) in [5.41, 5.74) is 14.3. The van der Waals surface area contributed by atoms with Gasteiger partial charge in [0, 0.05) is 54.8 Å². The van der Waals surface area contributed by atoms with Crippen LogP contribution in [-0.4, -0.2) is 106 Å². The van der Waals surface area contributed by atoms with Gasteiger partial charge in [-0.05, 0) is 60.7 Å². The van der Waals surface area contributed by atoms with Crippen LogP contribution in [-0.2, 0) is 52.8 Å². The monoisotopic (exact) mass is 887 g/mol.